The maximum atomic E-state index is 12.9. The molecule has 2 heterocycles. The third kappa shape index (κ3) is 6.33. The van der Waals surface area contributed by atoms with Crippen molar-refractivity contribution in [2.45, 2.75) is 84.4 Å². The molecule has 1 aliphatic heterocycles. The molecule has 0 saturated carbocycles. The number of amides is 1. The SMILES string of the molecule is CCC[C@@H](CN1CC(c2ncc[nH]2)CC1C(=O)OC(C)(C)C)C(C)NC(C)=O. The number of hydrogen-bond donors (Lipinski definition) is 2. The van der Waals surface area contributed by atoms with E-state index in [1.807, 2.05) is 33.9 Å². The molecule has 1 saturated heterocycles. The van der Waals surface area contributed by atoms with Crippen molar-refractivity contribution in [3.05, 3.63) is 18.2 Å². The van der Waals surface area contributed by atoms with Gasteiger partial charge in [-0.05, 0) is 46.5 Å². The largest absolute Gasteiger partial charge is 0.459 e. The number of nitrogens with one attached hydrogen (secondary N) is 2. The van der Waals surface area contributed by atoms with Gasteiger partial charge in [0.2, 0.25) is 5.91 Å². The summed E-state index contributed by atoms with van der Waals surface area (Å²) in [4.78, 5) is 34.2. The standard InChI is InChI=1S/C21H36N4O3/c1-7-8-16(14(2)24-15(3)26)12-25-13-17(19-22-9-10-23-19)11-18(25)20(27)28-21(4,5)6/h9-10,14,16-18H,7-8,11-13H2,1-6H3,(H,22,23)(H,24,26)/t14?,16-,17?,18?/m0/s1. The Bertz CT molecular complexity index is 639. The van der Waals surface area contributed by atoms with Crippen LogP contribution in [0.25, 0.3) is 0 Å². The molecule has 1 aromatic rings. The number of carbonyl (C=O) groups is 2. The van der Waals surface area contributed by atoms with Gasteiger partial charge in [-0.1, -0.05) is 13.3 Å². The monoisotopic (exact) mass is 392 g/mol. The van der Waals surface area contributed by atoms with Crippen LogP contribution in [0.15, 0.2) is 12.4 Å². The first kappa shape index (κ1) is 22.4. The van der Waals surface area contributed by atoms with Gasteiger partial charge in [-0.2, -0.15) is 0 Å². The van der Waals surface area contributed by atoms with Crippen molar-refractivity contribution >= 4 is 11.9 Å². The fraction of sp³-hybridized carbons (Fsp3) is 0.762. The van der Waals surface area contributed by atoms with Gasteiger partial charge in [0.25, 0.3) is 0 Å². The van der Waals surface area contributed by atoms with Crippen LogP contribution in [0.5, 0.6) is 0 Å². The Morgan fingerprint density at radius 3 is 2.68 bits per heavy atom. The number of nitrogens with zero attached hydrogens (tertiary/aromatic N) is 2. The number of rotatable bonds is 8. The minimum absolute atomic E-state index is 0.0211. The average Bonchev–Trinajstić information content (AvgIpc) is 3.21. The fourth-order valence-electron chi connectivity index (χ4n) is 4.03. The lowest BCUT2D eigenvalue weighted by atomic mass is 9.95. The molecule has 0 bridgehead atoms. The molecule has 1 aromatic heterocycles. The Labute approximate surface area is 168 Å². The quantitative estimate of drug-likeness (QED) is 0.664. The van der Waals surface area contributed by atoms with E-state index in [-0.39, 0.29) is 35.8 Å². The van der Waals surface area contributed by atoms with Gasteiger partial charge < -0.3 is 15.0 Å². The molecule has 0 spiro atoms. The number of imidazole rings is 1. The highest BCUT2D eigenvalue weighted by molar-refractivity contribution is 5.77. The number of likely N-dealkylation sites (tertiary alicyclic amines) is 1. The van der Waals surface area contributed by atoms with Crippen molar-refractivity contribution in [3.8, 4) is 0 Å². The molecule has 7 nitrogen and oxygen atoms in total. The first-order valence-electron chi connectivity index (χ1n) is 10.3. The number of esters is 1. The van der Waals surface area contributed by atoms with Crippen molar-refractivity contribution in [2.75, 3.05) is 13.1 Å². The first-order chi connectivity index (χ1) is 13.1. The van der Waals surface area contributed by atoms with Crippen LogP contribution in [0, 0.1) is 5.92 Å². The van der Waals surface area contributed by atoms with Crippen LogP contribution < -0.4 is 5.32 Å². The van der Waals surface area contributed by atoms with E-state index in [0.717, 1.165) is 31.8 Å². The van der Waals surface area contributed by atoms with Crippen LogP contribution in [-0.2, 0) is 14.3 Å². The topological polar surface area (TPSA) is 87.3 Å². The molecule has 0 radical (unpaired) electrons. The van der Waals surface area contributed by atoms with Crippen molar-refractivity contribution in [3.63, 3.8) is 0 Å². The van der Waals surface area contributed by atoms with E-state index in [1.54, 1.807) is 13.1 Å². The maximum absolute atomic E-state index is 12.9. The number of aromatic nitrogens is 2. The van der Waals surface area contributed by atoms with E-state index in [2.05, 4.69) is 27.1 Å². The molecule has 158 valence electrons. The minimum Gasteiger partial charge on any atom is -0.459 e. The van der Waals surface area contributed by atoms with Crippen LogP contribution in [-0.4, -0.2) is 57.5 Å². The molecular formula is C21H36N4O3. The lowest BCUT2D eigenvalue weighted by molar-refractivity contribution is -0.160. The second-order valence-electron chi connectivity index (χ2n) is 8.95. The Kier molecular flexibility index (Phi) is 7.63. The second kappa shape index (κ2) is 9.54. The summed E-state index contributed by atoms with van der Waals surface area (Å²) in [5.74, 6) is 1.16. The number of ether oxygens (including phenoxy) is 1. The van der Waals surface area contributed by atoms with Crippen molar-refractivity contribution in [2.24, 2.45) is 5.92 Å². The van der Waals surface area contributed by atoms with Gasteiger partial charge in [0.05, 0.1) is 0 Å². The van der Waals surface area contributed by atoms with Gasteiger partial charge in [-0.15, -0.1) is 0 Å². The van der Waals surface area contributed by atoms with Gasteiger partial charge in [-0.3, -0.25) is 14.5 Å². The molecule has 0 aromatic carbocycles. The van der Waals surface area contributed by atoms with Crippen LogP contribution >= 0.6 is 0 Å². The summed E-state index contributed by atoms with van der Waals surface area (Å²) in [7, 11) is 0. The Morgan fingerprint density at radius 2 is 2.14 bits per heavy atom. The normalized spacial score (nSPS) is 22.6. The van der Waals surface area contributed by atoms with Crippen LogP contribution in [0.3, 0.4) is 0 Å². The molecule has 28 heavy (non-hydrogen) atoms. The molecule has 2 N–H and O–H groups in total. The minimum atomic E-state index is -0.516. The van der Waals surface area contributed by atoms with E-state index in [0.29, 0.717) is 6.42 Å². The summed E-state index contributed by atoms with van der Waals surface area (Å²) in [6.07, 6.45) is 6.28. The Balaban J connectivity index is 2.17. The zero-order chi connectivity index (χ0) is 20.9. The maximum Gasteiger partial charge on any atom is 0.323 e. The Morgan fingerprint density at radius 1 is 1.43 bits per heavy atom. The number of carbonyl (C=O) groups excluding carboxylic acids is 2. The molecule has 1 aliphatic rings. The van der Waals surface area contributed by atoms with Gasteiger partial charge in [0.1, 0.15) is 17.5 Å². The summed E-state index contributed by atoms with van der Waals surface area (Å²) < 4.78 is 5.70. The zero-order valence-corrected chi connectivity index (χ0v) is 18.1. The number of aromatic amines is 1. The summed E-state index contributed by atoms with van der Waals surface area (Å²) in [6, 6.07) is -0.238. The molecule has 1 fully saturated rings. The zero-order valence-electron chi connectivity index (χ0n) is 18.1. The molecule has 7 heteroatoms. The highest BCUT2D eigenvalue weighted by atomic mass is 16.6. The van der Waals surface area contributed by atoms with Crippen molar-refractivity contribution < 1.29 is 14.3 Å². The summed E-state index contributed by atoms with van der Waals surface area (Å²) in [6.45, 7) is 12.9. The number of hydrogen-bond acceptors (Lipinski definition) is 5. The second-order valence-corrected chi connectivity index (χ2v) is 8.95. The third-order valence-electron chi connectivity index (χ3n) is 5.25. The lowest BCUT2D eigenvalue weighted by Gasteiger charge is -2.32. The first-order valence-corrected chi connectivity index (χ1v) is 10.3. The average molecular weight is 393 g/mol. The van der Waals surface area contributed by atoms with Crippen LogP contribution in [0.2, 0.25) is 0 Å². The lowest BCUT2D eigenvalue weighted by Crippen LogP contribution is -2.46. The smallest absolute Gasteiger partial charge is 0.323 e. The van der Waals surface area contributed by atoms with Crippen LogP contribution in [0.1, 0.15) is 72.5 Å². The van der Waals surface area contributed by atoms with E-state index < -0.39 is 5.60 Å². The molecule has 2 rings (SSSR count). The highest BCUT2D eigenvalue weighted by Gasteiger charge is 2.41. The summed E-state index contributed by atoms with van der Waals surface area (Å²) >= 11 is 0. The molecule has 3 unspecified atom stereocenters. The molecule has 0 aliphatic carbocycles. The predicted molar refractivity (Wildman–Crippen MR) is 109 cm³/mol. The van der Waals surface area contributed by atoms with E-state index >= 15 is 0 Å². The molecule has 4 atom stereocenters. The predicted octanol–water partition coefficient (Wildman–Crippen LogP) is 2.85. The van der Waals surface area contributed by atoms with Gasteiger partial charge in [-0.25, -0.2) is 4.98 Å². The van der Waals surface area contributed by atoms with Crippen molar-refractivity contribution in [1.29, 1.82) is 0 Å². The summed E-state index contributed by atoms with van der Waals surface area (Å²) in [5, 5.41) is 3.02. The van der Waals surface area contributed by atoms with E-state index in [1.165, 1.54) is 0 Å². The summed E-state index contributed by atoms with van der Waals surface area (Å²) in [5.41, 5.74) is -0.516. The molecule has 1 amide bonds. The van der Waals surface area contributed by atoms with Gasteiger partial charge >= 0.3 is 5.97 Å². The fourth-order valence-corrected chi connectivity index (χ4v) is 4.03. The van der Waals surface area contributed by atoms with Crippen molar-refractivity contribution in [1.82, 2.24) is 20.2 Å². The van der Waals surface area contributed by atoms with E-state index in [4.69, 9.17) is 4.74 Å². The highest BCUT2D eigenvalue weighted by Crippen LogP contribution is 2.33. The van der Waals surface area contributed by atoms with Gasteiger partial charge in [0.15, 0.2) is 0 Å². The molecular weight excluding hydrogens is 356 g/mol. The Hall–Kier alpha value is -1.89. The number of H-pyrrole nitrogens is 1. The third-order valence-corrected chi connectivity index (χ3v) is 5.25. The van der Waals surface area contributed by atoms with Gasteiger partial charge in [0, 0.05) is 44.4 Å². The van der Waals surface area contributed by atoms with E-state index in [9.17, 15) is 9.59 Å². The van der Waals surface area contributed by atoms with Crippen LogP contribution in [0.4, 0.5) is 0 Å².